The number of fused-ring (bicyclic) bond motifs is 3. The summed E-state index contributed by atoms with van der Waals surface area (Å²) >= 11 is 0. The van der Waals surface area contributed by atoms with Crippen LogP contribution in [0.5, 0.6) is 0 Å². The van der Waals surface area contributed by atoms with Gasteiger partial charge in [-0.25, -0.2) is 4.98 Å². The topological polar surface area (TPSA) is 58.3 Å². The molecule has 4 rings (SSSR count). The first-order valence-corrected chi connectivity index (χ1v) is 15.9. The van der Waals surface area contributed by atoms with Crippen molar-refractivity contribution >= 4 is 30.0 Å². The van der Waals surface area contributed by atoms with Crippen LogP contribution in [0.15, 0.2) is 35.5 Å². The molecule has 0 saturated heterocycles. The zero-order chi connectivity index (χ0) is 25.2. The Morgan fingerprint density at radius 1 is 1.06 bits per heavy atom. The summed E-state index contributed by atoms with van der Waals surface area (Å²) in [5.41, 5.74) is 1.57. The summed E-state index contributed by atoms with van der Waals surface area (Å²) < 4.78 is 52.0. The normalized spacial score (nSPS) is 19.6. The van der Waals surface area contributed by atoms with E-state index in [0.29, 0.717) is 18.7 Å². The Bertz CT molecular complexity index is 1210. The zero-order valence-corrected chi connectivity index (χ0v) is 21.6. The molecule has 1 aliphatic rings. The van der Waals surface area contributed by atoms with E-state index in [0.717, 1.165) is 48.3 Å². The van der Waals surface area contributed by atoms with Crippen LogP contribution in [0.25, 0.3) is 21.9 Å². The molecule has 0 aromatic carbocycles. The van der Waals surface area contributed by atoms with E-state index >= 15 is 0 Å². The highest BCUT2D eigenvalue weighted by molar-refractivity contribution is 6.76. The van der Waals surface area contributed by atoms with E-state index in [9.17, 15) is 18.0 Å². The first kappa shape index (κ1) is 25.9. The number of hydrogen-bond acceptors (Lipinski definition) is 4. The summed E-state index contributed by atoms with van der Waals surface area (Å²) in [4.78, 5) is 17.2. The molecule has 0 N–H and O–H groups in total. The third-order valence-corrected chi connectivity index (χ3v) is 8.43. The number of aromatic nitrogens is 3. The molecule has 0 atom stereocenters. The Morgan fingerprint density at radius 3 is 2.49 bits per heavy atom. The van der Waals surface area contributed by atoms with Crippen molar-refractivity contribution in [3.8, 4) is 0 Å². The summed E-state index contributed by atoms with van der Waals surface area (Å²) in [6, 6.07) is 4.81. The molecule has 1 fully saturated rings. The Balaban J connectivity index is 1.51. The second-order valence-electron chi connectivity index (χ2n) is 10.8. The fraction of sp³-hybridized carbons (Fsp3) is 0.600. The number of hydrogen-bond donors (Lipinski definition) is 0. The van der Waals surface area contributed by atoms with Crippen molar-refractivity contribution in [3.63, 3.8) is 0 Å². The SMILES string of the molecule is C[Si](C)(C)CCOCn1ccc2c1ncc1c(=O)ccn(C3CCC(COCC(F)(F)F)CC3)c12. The summed E-state index contributed by atoms with van der Waals surface area (Å²) in [6.45, 7) is 7.01. The molecular formula is C25H34F3N3O3Si. The van der Waals surface area contributed by atoms with Crippen molar-refractivity contribution in [2.75, 3.05) is 19.8 Å². The predicted molar refractivity (Wildman–Crippen MR) is 133 cm³/mol. The van der Waals surface area contributed by atoms with E-state index in [2.05, 4.69) is 29.2 Å². The van der Waals surface area contributed by atoms with Crippen LogP contribution < -0.4 is 5.43 Å². The first-order chi connectivity index (χ1) is 16.5. The summed E-state index contributed by atoms with van der Waals surface area (Å²) in [5, 5.41) is 1.48. The van der Waals surface area contributed by atoms with Gasteiger partial charge in [0.05, 0.1) is 10.9 Å². The monoisotopic (exact) mass is 509 g/mol. The minimum atomic E-state index is -4.29. The second kappa shape index (κ2) is 10.4. The minimum Gasteiger partial charge on any atom is -0.372 e. The Labute approximate surface area is 204 Å². The Kier molecular flexibility index (Phi) is 7.73. The van der Waals surface area contributed by atoms with Gasteiger partial charge >= 0.3 is 6.18 Å². The Morgan fingerprint density at radius 2 is 1.80 bits per heavy atom. The summed E-state index contributed by atoms with van der Waals surface area (Å²) in [7, 11) is -1.17. The van der Waals surface area contributed by atoms with Gasteiger partial charge in [-0.05, 0) is 43.7 Å². The molecule has 3 aromatic rings. The number of rotatable bonds is 9. The molecular weight excluding hydrogens is 475 g/mol. The van der Waals surface area contributed by atoms with Crippen LogP contribution in [0.2, 0.25) is 25.7 Å². The van der Waals surface area contributed by atoms with Crippen LogP contribution in [-0.4, -0.2) is 48.2 Å². The van der Waals surface area contributed by atoms with Gasteiger partial charge in [-0.3, -0.25) is 4.79 Å². The number of alkyl halides is 3. The van der Waals surface area contributed by atoms with E-state index in [4.69, 9.17) is 9.47 Å². The van der Waals surface area contributed by atoms with Crippen LogP contribution in [0, 0.1) is 5.92 Å². The lowest BCUT2D eigenvalue weighted by atomic mass is 9.86. The molecule has 0 aliphatic heterocycles. The van der Waals surface area contributed by atoms with E-state index in [1.54, 1.807) is 12.3 Å². The smallest absolute Gasteiger partial charge is 0.372 e. The molecule has 3 heterocycles. The van der Waals surface area contributed by atoms with Gasteiger partial charge in [-0.2, -0.15) is 13.2 Å². The molecule has 0 bridgehead atoms. The van der Waals surface area contributed by atoms with E-state index in [-0.39, 0.29) is 24.0 Å². The maximum atomic E-state index is 12.6. The number of ether oxygens (including phenoxy) is 2. The largest absolute Gasteiger partial charge is 0.411 e. The quantitative estimate of drug-likeness (QED) is 0.263. The van der Waals surface area contributed by atoms with Crippen molar-refractivity contribution in [2.24, 2.45) is 5.92 Å². The standard InChI is InChI=1S/C25H34F3N3O3Si/c1-35(2,3)13-12-33-17-30-10-8-20-23-21(14-29-24(20)30)22(32)9-11-31(23)19-6-4-18(5-7-19)15-34-16-25(26,27)28/h8-11,14,18-19H,4-7,12-13,15-17H2,1-3H3. The van der Waals surface area contributed by atoms with Crippen LogP contribution in [0.3, 0.4) is 0 Å². The van der Waals surface area contributed by atoms with E-state index < -0.39 is 20.9 Å². The van der Waals surface area contributed by atoms with Gasteiger partial charge in [-0.1, -0.05) is 19.6 Å². The van der Waals surface area contributed by atoms with Gasteiger partial charge in [0, 0.05) is 57.4 Å². The zero-order valence-electron chi connectivity index (χ0n) is 20.6. The summed E-state index contributed by atoms with van der Waals surface area (Å²) in [6.07, 6.45) is 4.36. The molecule has 1 aliphatic carbocycles. The van der Waals surface area contributed by atoms with Gasteiger partial charge < -0.3 is 18.6 Å². The second-order valence-corrected chi connectivity index (χ2v) is 16.4. The molecule has 0 spiro atoms. The third kappa shape index (κ3) is 6.53. The fourth-order valence-electron chi connectivity index (χ4n) is 4.78. The average molecular weight is 510 g/mol. The molecule has 6 nitrogen and oxygen atoms in total. The highest BCUT2D eigenvalue weighted by Gasteiger charge is 2.29. The molecule has 0 radical (unpaired) electrons. The van der Waals surface area contributed by atoms with Gasteiger partial charge in [0.15, 0.2) is 5.43 Å². The van der Waals surface area contributed by atoms with E-state index in [1.165, 1.54) is 0 Å². The molecule has 0 amide bonds. The highest BCUT2D eigenvalue weighted by Crippen LogP contribution is 2.35. The van der Waals surface area contributed by atoms with Crippen molar-refractivity contribution in [1.82, 2.24) is 14.1 Å². The number of pyridine rings is 2. The van der Waals surface area contributed by atoms with Crippen LogP contribution in [-0.2, 0) is 16.2 Å². The molecule has 35 heavy (non-hydrogen) atoms. The van der Waals surface area contributed by atoms with Gasteiger partial charge in [-0.15, -0.1) is 0 Å². The molecule has 10 heteroatoms. The van der Waals surface area contributed by atoms with Gasteiger partial charge in [0.1, 0.15) is 19.0 Å². The lowest BCUT2D eigenvalue weighted by molar-refractivity contribution is -0.177. The van der Waals surface area contributed by atoms with Crippen LogP contribution in [0.4, 0.5) is 13.2 Å². The third-order valence-electron chi connectivity index (χ3n) is 6.73. The Hall–Kier alpha value is -2.17. The molecule has 3 aromatic heterocycles. The van der Waals surface area contributed by atoms with Crippen molar-refractivity contribution in [3.05, 3.63) is 40.9 Å². The highest BCUT2D eigenvalue weighted by atomic mass is 28.3. The average Bonchev–Trinajstić information content (AvgIpc) is 3.19. The molecule has 0 unspecified atom stereocenters. The lowest BCUT2D eigenvalue weighted by Gasteiger charge is -2.31. The molecule has 1 saturated carbocycles. The maximum absolute atomic E-state index is 12.6. The van der Waals surface area contributed by atoms with E-state index in [1.807, 2.05) is 23.0 Å². The lowest BCUT2D eigenvalue weighted by Crippen LogP contribution is -2.25. The van der Waals surface area contributed by atoms with Crippen molar-refractivity contribution in [1.29, 1.82) is 0 Å². The predicted octanol–water partition coefficient (Wildman–Crippen LogP) is 5.97. The first-order valence-electron chi connectivity index (χ1n) is 12.2. The van der Waals surface area contributed by atoms with Gasteiger partial charge in [0.25, 0.3) is 0 Å². The van der Waals surface area contributed by atoms with Gasteiger partial charge in [0.2, 0.25) is 0 Å². The minimum absolute atomic E-state index is 0.0703. The molecule has 192 valence electrons. The van der Waals surface area contributed by atoms with Crippen LogP contribution >= 0.6 is 0 Å². The van der Waals surface area contributed by atoms with Crippen molar-refractivity contribution in [2.45, 2.75) is 70.3 Å². The van der Waals surface area contributed by atoms with Crippen molar-refractivity contribution < 1.29 is 22.6 Å². The number of halogens is 3. The summed E-state index contributed by atoms with van der Waals surface area (Å²) in [5.74, 6) is 0.121. The fourth-order valence-corrected chi connectivity index (χ4v) is 5.53. The number of nitrogens with zero attached hydrogens (tertiary/aromatic N) is 3. The van der Waals surface area contributed by atoms with Crippen LogP contribution in [0.1, 0.15) is 31.7 Å². The maximum Gasteiger partial charge on any atom is 0.411 e.